The Morgan fingerprint density at radius 3 is 1.47 bits per heavy atom. The SMILES string of the molecule is Cc1ccc(C(OP(O)O)c2ccc(C)cc2)cc1. The van der Waals surface area contributed by atoms with Gasteiger partial charge in [-0.05, 0) is 25.0 Å². The zero-order valence-electron chi connectivity index (χ0n) is 10.9. The van der Waals surface area contributed by atoms with Gasteiger partial charge in [-0.1, -0.05) is 59.7 Å². The number of benzene rings is 2. The number of aryl methyl sites for hydroxylation is 2. The smallest absolute Gasteiger partial charge is 0.327 e. The number of hydrogen-bond donors (Lipinski definition) is 2. The van der Waals surface area contributed by atoms with E-state index >= 15 is 0 Å². The highest BCUT2D eigenvalue weighted by Gasteiger charge is 2.18. The first-order valence-electron chi connectivity index (χ1n) is 6.04. The molecule has 0 aromatic heterocycles. The first kappa shape index (κ1) is 14.2. The minimum atomic E-state index is -2.40. The van der Waals surface area contributed by atoms with Crippen LogP contribution >= 0.6 is 8.60 Å². The van der Waals surface area contributed by atoms with E-state index in [0.717, 1.165) is 22.3 Å². The molecule has 0 fully saturated rings. The van der Waals surface area contributed by atoms with Gasteiger partial charge < -0.3 is 9.79 Å². The van der Waals surface area contributed by atoms with Gasteiger partial charge in [-0.15, -0.1) is 0 Å². The zero-order valence-corrected chi connectivity index (χ0v) is 11.8. The van der Waals surface area contributed by atoms with E-state index in [-0.39, 0.29) is 0 Å². The number of hydrogen-bond acceptors (Lipinski definition) is 3. The van der Waals surface area contributed by atoms with Crippen LogP contribution in [0.25, 0.3) is 0 Å². The predicted octanol–water partition coefficient (Wildman–Crippen LogP) is 3.62. The molecule has 100 valence electrons. The largest absolute Gasteiger partial charge is 0.328 e. The second-order valence-electron chi connectivity index (χ2n) is 4.56. The molecule has 2 aromatic rings. The van der Waals surface area contributed by atoms with Crippen molar-refractivity contribution in [1.82, 2.24) is 0 Å². The van der Waals surface area contributed by atoms with Crippen LogP contribution in [0, 0.1) is 13.8 Å². The summed E-state index contributed by atoms with van der Waals surface area (Å²) in [6.45, 7) is 4.02. The van der Waals surface area contributed by atoms with E-state index in [4.69, 9.17) is 14.3 Å². The standard InChI is InChI=1S/C15H17O3P/c1-11-3-7-13(8-4-11)15(18-19(16)17)14-9-5-12(2)6-10-14/h3-10,15-17H,1-2H3. The molecule has 0 saturated carbocycles. The second kappa shape index (κ2) is 6.27. The maximum Gasteiger partial charge on any atom is 0.327 e. The molecule has 4 heteroatoms. The maximum atomic E-state index is 9.15. The third-order valence-electron chi connectivity index (χ3n) is 2.96. The van der Waals surface area contributed by atoms with Gasteiger partial charge in [-0.25, -0.2) is 0 Å². The third kappa shape index (κ3) is 3.85. The van der Waals surface area contributed by atoms with E-state index in [1.807, 2.05) is 62.4 Å². The van der Waals surface area contributed by atoms with Gasteiger partial charge in [0.15, 0.2) is 0 Å². The number of rotatable bonds is 4. The van der Waals surface area contributed by atoms with E-state index in [0.29, 0.717) is 0 Å². The lowest BCUT2D eigenvalue weighted by atomic mass is 10.00. The van der Waals surface area contributed by atoms with Gasteiger partial charge in [-0.3, -0.25) is 4.52 Å². The molecule has 2 N–H and O–H groups in total. The highest BCUT2D eigenvalue weighted by atomic mass is 31.2. The molecular weight excluding hydrogens is 259 g/mol. The van der Waals surface area contributed by atoms with Crippen molar-refractivity contribution in [3.63, 3.8) is 0 Å². The van der Waals surface area contributed by atoms with Crippen molar-refractivity contribution in [2.75, 3.05) is 0 Å². The van der Waals surface area contributed by atoms with E-state index < -0.39 is 14.7 Å². The van der Waals surface area contributed by atoms with E-state index in [1.165, 1.54) is 0 Å². The summed E-state index contributed by atoms with van der Waals surface area (Å²) >= 11 is 0. The Labute approximate surface area is 114 Å². The predicted molar refractivity (Wildman–Crippen MR) is 76.6 cm³/mol. The summed E-state index contributed by atoms with van der Waals surface area (Å²) in [5.41, 5.74) is 4.12. The van der Waals surface area contributed by atoms with Gasteiger partial charge in [-0.2, -0.15) is 0 Å². The zero-order chi connectivity index (χ0) is 13.8. The maximum absolute atomic E-state index is 9.15. The highest BCUT2D eigenvalue weighted by Crippen LogP contribution is 2.38. The fourth-order valence-electron chi connectivity index (χ4n) is 1.89. The van der Waals surface area contributed by atoms with E-state index in [9.17, 15) is 0 Å². The molecule has 2 aromatic carbocycles. The summed E-state index contributed by atoms with van der Waals surface area (Å²) in [4.78, 5) is 18.3. The quantitative estimate of drug-likeness (QED) is 0.838. The first-order chi connectivity index (χ1) is 9.06. The Kier molecular flexibility index (Phi) is 4.67. The molecule has 0 saturated heterocycles. The van der Waals surface area contributed by atoms with Gasteiger partial charge in [0.1, 0.15) is 6.10 Å². The molecule has 0 aliphatic carbocycles. The van der Waals surface area contributed by atoms with Gasteiger partial charge in [0.2, 0.25) is 0 Å². The summed E-state index contributed by atoms with van der Waals surface area (Å²) in [5.74, 6) is 0. The van der Waals surface area contributed by atoms with Crippen LogP contribution in [0.4, 0.5) is 0 Å². The molecule has 19 heavy (non-hydrogen) atoms. The van der Waals surface area contributed by atoms with Crippen molar-refractivity contribution in [1.29, 1.82) is 0 Å². The summed E-state index contributed by atoms with van der Waals surface area (Å²) in [7, 11) is -2.40. The topological polar surface area (TPSA) is 49.7 Å². The van der Waals surface area contributed by atoms with Gasteiger partial charge in [0.05, 0.1) is 0 Å². The molecular formula is C15H17O3P. The van der Waals surface area contributed by atoms with Gasteiger partial charge >= 0.3 is 8.60 Å². The Hall–Kier alpha value is -1.25. The van der Waals surface area contributed by atoms with Crippen LogP contribution in [0.1, 0.15) is 28.4 Å². The van der Waals surface area contributed by atoms with Crippen LogP contribution in [-0.2, 0) is 4.52 Å². The average Bonchev–Trinajstić information content (AvgIpc) is 2.38. The molecule has 3 nitrogen and oxygen atoms in total. The molecule has 2 rings (SSSR count). The van der Waals surface area contributed by atoms with Crippen LogP contribution in [-0.4, -0.2) is 9.79 Å². The Bertz CT molecular complexity index is 475. The van der Waals surface area contributed by atoms with Crippen LogP contribution in [0.2, 0.25) is 0 Å². The van der Waals surface area contributed by atoms with Crippen molar-refractivity contribution >= 4 is 8.60 Å². The molecule has 0 heterocycles. The Balaban J connectivity index is 2.35. The van der Waals surface area contributed by atoms with Crippen molar-refractivity contribution in [3.05, 3.63) is 70.8 Å². The van der Waals surface area contributed by atoms with Crippen molar-refractivity contribution in [3.8, 4) is 0 Å². The fourth-order valence-corrected chi connectivity index (χ4v) is 2.32. The molecule has 0 spiro atoms. The van der Waals surface area contributed by atoms with E-state index in [2.05, 4.69) is 0 Å². The normalized spacial score (nSPS) is 11.3. The van der Waals surface area contributed by atoms with Crippen LogP contribution in [0.15, 0.2) is 48.5 Å². The van der Waals surface area contributed by atoms with Gasteiger partial charge in [0.25, 0.3) is 0 Å². The Morgan fingerprint density at radius 2 is 1.16 bits per heavy atom. The fraction of sp³-hybridized carbons (Fsp3) is 0.200. The lowest BCUT2D eigenvalue weighted by Gasteiger charge is -2.19. The summed E-state index contributed by atoms with van der Waals surface area (Å²) in [6, 6.07) is 15.7. The molecule has 0 unspecified atom stereocenters. The van der Waals surface area contributed by atoms with Gasteiger partial charge in [0, 0.05) is 0 Å². The first-order valence-corrected chi connectivity index (χ1v) is 7.20. The van der Waals surface area contributed by atoms with Crippen LogP contribution < -0.4 is 0 Å². The lowest BCUT2D eigenvalue weighted by Crippen LogP contribution is -2.03. The minimum Gasteiger partial charge on any atom is -0.328 e. The Morgan fingerprint density at radius 1 is 0.789 bits per heavy atom. The van der Waals surface area contributed by atoms with Crippen LogP contribution in [0.3, 0.4) is 0 Å². The molecule has 0 amide bonds. The molecule has 0 radical (unpaired) electrons. The molecule has 0 atom stereocenters. The van der Waals surface area contributed by atoms with Crippen LogP contribution in [0.5, 0.6) is 0 Å². The minimum absolute atomic E-state index is 0.456. The van der Waals surface area contributed by atoms with Crippen molar-refractivity contribution < 1.29 is 14.3 Å². The van der Waals surface area contributed by atoms with Crippen molar-refractivity contribution in [2.24, 2.45) is 0 Å². The van der Waals surface area contributed by atoms with E-state index in [1.54, 1.807) is 0 Å². The molecule has 0 aliphatic rings. The molecule has 0 aliphatic heterocycles. The third-order valence-corrected chi connectivity index (χ3v) is 3.36. The van der Waals surface area contributed by atoms with Crippen molar-refractivity contribution in [2.45, 2.75) is 20.0 Å². The lowest BCUT2D eigenvalue weighted by molar-refractivity contribution is 0.204. The highest BCUT2D eigenvalue weighted by molar-refractivity contribution is 7.39. The monoisotopic (exact) mass is 276 g/mol. The average molecular weight is 276 g/mol. The summed E-state index contributed by atoms with van der Waals surface area (Å²) in [6.07, 6.45) is -0.456. The summed E-state index contributed by atoms with van der Waals surface area (Å²) in [5, 5.41) is 0. The second-order valence-corrected chi connectivity index (χ2v) is 5.28. The summed E-state index contributed by atoms with van der Waals surface area (Å²) < 4.78 is 5.28. The molecule has 0 bridgehead atoms.